The second kappa shape index (κ2) is 4.75. The van der Waals surface area contributed by atoms with Gasteiger partial charge >= 0.3 is 0 Å². The number of rotatable bonds is 3. The fourth-order valence-electron chi connectivity index (χ4n) is 1.52. The number of hydrogen-bond acceptors (Lipinski definition) is 2. The maximum absolute atomic E-state index is 6.05. The second-order valence-corrected chi connectivity index (χ2v) is 4.42. The minimum Gasteiger partial charge on any atom is -0.494 e. The first-order chi connectivity index (χ1) is 6.97. The van der Waals surface area contributed by atoms with Gasteiger partial charge < -0.3 is 9.64 Å². The van der Waals surface area contributed by atoms with Crippen molar-refractivity contribution in [3.8, 4) is 5.75 Å². The van der Waals surface area contributed by atoms with E-state index in [9.17, 15) is 0 Å². The van der Waals surface area contributed by atoms with Crippen LogP contribution in [0.5, 0.6) is 5.75 Å². The lowest BCUT2D eigenvalue weighted by atomic mass is 10.1. The Hall–Kier alpha value is -0.890. The molecule has 0 fully saturated rings. The predicted molar refractivity (Wildman–Crippen MR) is 66.3 cm³/mol. The Morgan fingerprint density at radius 1 is 1.33 bits per heavy atom. The van der Waals surface area contributed by atoms with Crippen LogP contribution in [0.2, 0.25) is 5.02 Å². The van der Waals surface area contributed by atoms with E-state index < -0.39 is 0 Å². The maximum atomic E-state index is 6.05. The van der Waals surface area contributed by atoms with Crippen LogP contribution in [-0.4, -0.2) is 20.2 Å². The molecular formula is C12H18ClNO. The molecule has 0 saturated heterocycles. The molecule has 0 aliphatic carbocycles. The topological polar surface area (TPSA) is 12.5 Å². The van der Waals surface area contributed by atoms with E-state index in [1.807, 2.05) is 26.1 Å². The van der Waals surface area contributed by atoms with Crippen LogP contribution >= 0.6 is 11.6 Å². The molecule has 0 aliphatic rings. The minimum absolute atomic E-state index is 0.414. The molecule has 0 bridgehead atoms. The molecule has 2 nitrogen and oxygen atoms in total. The number of halogens is 1. The number of methoxy groups -OCH3 is 1. The first-order valence-electron chi connectivity index (χ1n) is 5.04. The summed E-state index contributed by atoms with van der Waals surface area (Å²) >= 11 is 6.05. The minimum atomic E-state index is 0.414. The summed E-state index contributed by atoms with van der Waals surface area (Å²) in [6.07, 6.45) is 0. The molecule has 0 aliphatic heterocycles. The van der Waals surface area contributed by atoms with Gasteiger partial charge in [-0.25, -0.2) is 0 Å². The fraction of sp³-hybridized carbons (Fsp3) is 0.500. The van der Waals surface area contributed by atoms with Gasteiger partial charge in [0, 0.05) is 18.1 Å². The SMILES string of the molecule is COc1c(C)cc(Cl)cc1N(C)C(C)C. The van der Waals surface area contributed by atoms with Crippen molar-refractivity contribution in [1.82, 2.24) is 0 Å². The highest BCUT2D eigenvalue weighted by atomic mass is 35.5. The van der Waals surface area contributed by atoms with Crippen molar-refractivity contribution in [2.75, 3.05) is 19.1 Å². The van der Waals surface area contributed by atoms with Gasteiger partial charge in [-0.1, -0.05) is 11.6 Å². The highest BCUT2D eigenvalue weighted by molar-refractivity contribution is 6.31. The second-order valence-electron chi connectivity index (χ2n) is 3.98. The zero-order valence-electron chi connectivity index (χ0n) is 9.97. The number of anilines is 1. The smallest absolute Gasteiger partial charge is 0.145 e. The van der Waals surface area contributed by atoms with Gasteiger partial charge in [0.1, 0.15) is 5.75 Å². The molecule has 0 heterocycles. The van der Waals surface area contributed by atoms with Crippen molar-refractivity contribution in [2.45, 2.75) is 26.8 Å². The van der Waals surface area contributed by atoms with Crippen molar-refractivity contribution >= 4 is 17.3 Å². The first kappa shape index (κ1) is 12.2. The Balaban J connectivity index is 3.26. The molecule has 15 heavy (non-hydrogen) atoms. The third kappa shape index (κ3) is 2.57. The average Bonchev–Trinajstić information content (AvgIpc) is 2.15. The fourth-order valence-corrected chi connectivity index (χ4v) is 1.78. The zero-order valence-corrected chi connectivity index (χ0v) is 10.7. The van der Waals surface area contributed by atoms with Crippen LogP contribution in [0.1, 0.15) is 19.4 Å². The van der Waals surface area contributed by atoms with Gasteiger partial charge in [-0.2, -0.15) is 0 Å². The Morgan fingerprint density at radius 2 is 1.93 bits per heavy atom. The monoisotopic (exact) mass is 227 g/mol. The number of nitrogens with zero attached hydrogens (tertiary/aromatic N) is 1. The molecule has 3 heteroatoms. The van der Waals surface area contributed by atoms with Crippen LogP contribution in [0.4, 0.5) is 5.69 Å². The Bertz CT molecular complexity index is 350. The lowest BCUT2D eigenvalue weighted by Gasteiger charge is -2.26. The molecule has 0 radical (unpaired) electrons. The van der Waals surface area contributed by atoms with Gasteiger partial charge in [0.2, 0.25) is 0 Å². The van der Waals surface area contributed by atoms with Crippen LogP contribution in [0.25, 0.3) is 0 Å². The number of aryl methyl sites for hydroxylation is 1. The van der Waals surface area contributed by atoms with E-state index in [1.54, 1.807) is 7.11 Å². The van der Waals surface area contributed by atoms with Gasteiger partial charge in [0.15, 0.2) is 0 Å². The van der Waals surface area contributed by atoms with Crippen LogP contribution in [0.3, 0.4) is 0 Å². The Labute approximate surface area is 96.8 Å². The molecule has 1 aromatic rings. The molecule has 0 aromatic heterocycles. The standard InChI is InChI=1S/C12H18ClNO/c1-8(2)14(4)11-7-10(13)6-9(3)12(11)15-5/h6-8H,1-5H3. The van der Waals surface area contributed by atoms with Gasteiger partial charge in [0.25, 0.3) is 0 Å². The summed E-state index contributed by atoms with van der Waals surface area (Å²) in [5.74, 6) is 0.899. The quantitative estimate of drug-likeness (QED) is 0.784. The molecular weight excluding hydrogens is 210 g/mol. The van der Waals surface area contributed by atoms with Crippen LogP contribution < -0.4 is 9.64 Å². The third-order valence-electron chi connectivity index (χ3n) is 2.58. The predicted octanol–water partition coefficient (Wildman–Crippen LogP) is 3.50. The van der Waals surface area contributed by atoms with Gasteiger partial charge in [0.05, 0.1) is 12.8 Å². The van der Waals surface area contributed by atoms with Crippen molar-refractivity contribution in [3.63, 3.8) is 0 Å². The third-order valence-corrected chi connectivity index (χ3v) is 2.80. The summed E-state index contributed by atoms with van der Waals surface area (Å²) in [4.78, 5) is 2.15. The highest BCUT2D eigenvalue weighted by Gasteiger charge is 2.14. The van der Waals surface area contributed by atoms with E-state index in [2.05, 4.69) is 18.7 Å². The molecule has 0 atom stereocenters. The molecule has 84 valence electrons. The average molecular weight is 228 g/mol. The van der Waals surface area contributed by atoms with E-state index in [-0.39, 0.29) is 0 Å². The van der Waals surface area contributed by atoms with Crippen molar-refractivity contribution in [1.29, 1.82) is 0 Å². The number of benzene rings is 1. The largest absolute Gasteiger partial charge is 0.494 e. The van der Waals surface area contributed by atoms with E-state index in [4.69, 9.17) is 16.3 Å². The highest BCUT2D eigenvalue weighted by Crippen LogP contribution is 2.34. The summed E-state index contributed by atoms with van der Waals surface area (Å²) < 4.78 is 5.40. The van der Waals surface area contributed by atoms with Gasteiger partial charge in [-0.15, -0.1) is 0 Å². The Kier molecular flexibility index (Phi) is 3.86. The molecule has 0 amide bonds. The molecule has 0 N–H and O–H groups in total. The summed E-state index contributed by atoms with van der Waals surface area (Å²) in [6, 6.07) is 4.27. The zero-order chi connectivity index (χ0) is 11.6. The normalized spacial score (nSPS) is 10.6. The van der Waals surface area contributed by atoms with Crippen LogP contribution in [0, 0.1) is 6.92 Å². The van der Waals surface area contributed by atoms with E-state index in [0.29, 0.717) is 6.04 Å². The van der Waals surface area contributed by atoms with Crippen molar-refractivity contribution in [3.05, 3.63) is 22.7 Å². The van der Waals surface area contributed by atoms with Gasteiger partial charge in [-0.05, 0) is 38.5 Å². The van der Waals surface area contributed by atoms with Gasteiger partial charge in [-0.3, -0.25) is 0 Å². The summed E-state index contributed by atoms with van der Waals surface area (Å²) in [7, 11) is 3.73. The van der Waals surface area contributed by atoms with E-state index >= 15 is 0 Å². The summed E-state index contributed by atoms with van der Waals surface area (Å²) in [6.45, 7) is 6.27. The molecule has 0 unspecified atom stereocenters. The number of hydrogen-bond donors (Lipinski definition) is 0. The van der Waals surface area contributed by atoms with Crippen LogP contribution in [0.15, 0.2) is 12.1 Å². The molecule has 0 saturated carbocycles. The molecule has 1 rings (SSSR count). The lowest BCUT2D eigenvalue weighted by molar-refractivity contribution is 0.411. The summed E-state index contributed by atoms with van der Waals surface area (Å²) in [5, 5.41) is 0.746. The Morgan fingerprint density at radius 3 is 2.40 bits per heavy atom. The maximum Gasteiger partial charge on any atom is 0.145 e. The van der Waals surface area contributed by atoms with E-state index in [1.165, 1.54) is 0 Å². The molecule has 0 spiro atoms. The van der Waals surface area contributed by atoms with Crippen molar-refractivity contribution < 1.29 is 4.74 Å². The number of ether oxygens (including phenoxy) is 1. The van der Waals surface area contributed by atoms with Crippen molar-refractivity contribution in [2.24, 2.45) is 0 Å². The first-order valence-corrected chi connectivity index (χ1v) is 5.42. The molecule has 1 aromatic carbocycles. The van der Waals surface area contributed by atoms with Crippen LogP contribution in [-0.2, 0) is 0 Å². The van der Waals surface area contributed by atoms with E-state index in [0.717, 1.165) is 22.0 Å². The summed E-state index contributed by atoms with van der Waals surface area (Å²) in [5.41, 5.74) is 2.10. The lowest BCUT2D eigenvalue weighted by Crippen LogP contribution is -2.26.